The fourth-order valence-corrected chi connectivity index (χ4v) is 2.33. The van der Waals surface area contributed by atoms with Crippen molar-refractivity contribution in [2.75, 3.05) is 0 Å². The van der Waals surface area contributed by atoms with Crippen molar-refractivity contribution >= 4 is 11.9 Å². The Labute approximate surface area is 93.4 Å². The summed E-state index contributed by atoms with van der Waals surface area (Å²) in [7, 11) is 0. The first kappa shape index (κ1) is 10.9. The van der Waals surface area contributed by atoms with Crippen LogP contribution in [0.3, 0.4) is 0 Å². The fraction of sp³-hybridized carbons (Fsp3) is 0.727. The zero-order valence-corrected chi connectivity index (χ0v) is 8.85. The molecule has 0 bridgehead atoms. The van der Waals surface area contributed by atoms with Crippen molar-refractivity contribution in [1.29, 1.82) is 5.26 Å². The maximum atomic E-state index is 11.7. The van der Waals surface area contributed by atoms with Crippen molar-refractivity contribution in [1.82, 2.24) is 5.32 Å². The molecule has 5 nitrogen and oxygen atoms in total. The summed E-state index contributed by atoms with van der Waals surface area (Å²) in [5.74, 6) is -2.09. The molecule has 2 fully saturated rings. The molecule has 0 aromatic rings. The highest BCUT2D eigenvalue weighted by atomic mass is 16.4. The minimum atomic E-state index is -0.900. The lowest BCUT2D eigenvalue weighted by Crippen LogP contribution is -2.38. The van der Waals surface area contributed by atoms with Gasteiger partial charge in [-0.3, -0.25) is 9.59 Å². The lowest BCUT2D eigenvalue weighted by Gasteiger charge is -2.15. The van der Waals surface area contributed by atoms with E-state index in [4.69, 9.17) is 10.4 Å². The number of nitrogens with zero attached hydrogens (tertiary/aromatic N) is 1. The Morgan fingerprint density at radius 3 is 2.62 bits per heavy atom. The van der Waals surface area contributed by atoms with E-state index in [0.29, 0.717) is 6.42 Å². The zero-order valence-electron chi connectivity index (χ0n) is 8.85. The Balaban J connectivity index is 1.85. The van der Waals surface area contributed by atoms with Crippen molar-refractivity contribution < 1.29 is 14.7 Å². The predicted molar refractivity (Wildman–Crippen MR) is 54.1 cm³/mol. The summed E-state index contributed by atoms with van der Waals surface area (Å²) in [5, 5.41) is 20.3. The van der Waals surface area contributed by atoms with Crippen LogP contribution in [0.15, 0.2) is 0 Å². The molecule has 2 rings (SSSR count). The topological polar surface area (TPSA) is 90.2 Å². The van der Waals surface area contributed by atoms with Crippen LogP contribution in [0.1, 0.15) is 25.7 Å². The number of aliphatic carboxylic acids is 1. The molecule has 2 aliphatic rings. The van der Waals surface area contributed by atoms with Gasteiger partial charge in [0.1, 0.15) is 0 Å². The molecule has 0 spiro atoms. The Kier molecular flexibility index (Phi) is 2.82. The summed E-state index contributed by atoms with van der Waals surface area (Å²) in [4.78, 5) is 22.3. The van der Waals surface area contributed by atoms with Crippen molar-refractivity contribution in [2.24, 2.45) is 17.8 Å². The van der Waals surface area contributed by atoms with E-state index in [1.165, 1.54) is 0 Å². The van der Waals surface area contributed by atoms with Gasteiger partial charge in [-0.1, -0.05) is 0 Å². The maximum Gasteiger partial charge on any atom is 0.307 e. The van der Waals surface area contributed by atoms with Gasteiger partial charge in [-0.15, -0.1) is 0 Å². The molecule has 4 atom stereocenters. The first-order valence-corrected chi connectivity index (χ1v) is 5.56. The van der Waals surface area contributed by atoms with Gasteiger partial charge in [0.05, 0.1) is 23.8 Å². The number of carboxylic acids is 1. The van der Waals surface area contributed by atoms with E-state index in [0.717, 1.165) is 19.3 Å². The van der Waals surface area contributed by atoms with Crippen LogP contribution in [0.25, 0.3) is 0 Å². The van der Waals surface area contributed by atoms with Crippen molar-refractivity contribution in [3.63, 3.8) is 0 Å². The summed E-state index contributed by atoms with van der Waals surface area (Å²) in [6.07, 6.45) is 3.05. The number of nitriles is 1. The van der Waals surface area contributed by atoms with E-state index >= 15 is 0 Å². The van der Waals surface area contributed by atoms with Crippen LogP contribution in [0.5, 0.6) is 0 Å². The molecule has 86 valence electrons. The SMILES string of the molecule is N#CC1CCCC1NC(=O)C1CC1C(=O)O. The third kappa shape index (κ3) is 2.01. The standard InChI is InChI=1S/C11H14N2O3/c12-5-6-2-1-3-9(6)13-10(14)7-4-8(7)11(15)16/h6-9H,1-4H2,(H,13,14)(H,15,16). The second-order valence-corrected chi connectivity index (χ2v) is 4.57. The molecule has 0 radical (unpaired) electrons. The number of amides is 1. The number of hydrogen-bond donors (Lipinski definition) is 2. The highest BCUT2D eigenvalue weighted by Gasteiger charge is 2.49. The highest BCUT2D eigenvalue weighted by Crippen LogP contribution is 2.39. The third-order valence-electron chi connectivity index (χ3n) is 3.45. The van der Waals surface area contributed by atoms with Gasteiger partial charge >= 0.3 is 5.97 Å². The molecule has 4 unspecified atom stereocenters. The first-order valence-electron chi connectivity index (χ1n) is 5.56. The van der Waals surface area contributed by atoms with Crippen LogP contribution in [-0.4, -0.2) is 23.0 Å². The molecule has 0 saturated heterocycles. The summed E-state index contributed by atoms with van der Waals surface area (Å²) >= 11 is 0. The fourth-order valence-electron chi connectivity index (χ4n) is 2.33. The van der Waals surface area contributed by atoms with Crippen LogP contribution in [0.4, 0.5) is 0 Å². The summed E-state index contributed by atoms with van der Waals surface area (Å²) in [6.45, 7) is 0. The van der Waals surface area contributed by atoms with Gasteiger partial charge in [-0.25, -0.2) is 0 Å². The molecule has 5 heteroatoms. The molecule has 0 aromatic heterocycles. The predicted octanol–water partition coefficient (Wildman–Crippen LogP) is 0.516. The van der Waals surface area contributed by atoms with E-state index < -0.39 is 11.9 Å². The quantitative estimate of drug-likeness (QED) is 0.728. The van der Waals surface area contributed by atoms with Gasteiger partial charge in [0.15, 0.2) is 0 Å². The maximum absolute atomic E-state index is 11.7. The molecule has 2 aliphatic carbocycles. The van der Waals surface area contributed by atoms with Gasteiger partial charge in [-0.05, 0) is 25.7 Å². The van der Waals surface area contributed by atoms with Crippen LogP contribution in [0, 0.1) is 29.1 Å². The van der Waals surface area contributed by atoms with E-state index in [2.05, 4.69) is 11.4 Å². The zero-order chi connectivity index (χ0) is 11.7. The molecule has 16 heavy (non-hydrogen) atoms. The Morgan fingerprint density at radius 2 is 2.06 bits per heavy atom. The lowest BCUT2D eigenvalue weighted by molar-refractivity contribution is -0.140. The van der Waals surface area contributed by atoms with Gasteiger partial charge in [0, 0.05) is 6.04 Å². The number of rotatable bonds is 3. The van der Waals surface area contributed by atoms with Gasteiger partial charge in [0.25, 0.3) is 0 Å². The number of hydrogen-bond acceptors (Lipinski definition) is 3. The Morgan fingerprint density at radius 1 is 1.31 bits per heavy atom. The first-order chi connectivity index (χ1) is 7.63. The molecular weight excluding hydrogens is 208 g/mol. The Bertz CT molecular complexity index is 361. The average molecular weight is 222 g/mol. The van der Waals surface area contributed by atoms with Crippen molar-refractivity contribution in [2.45, 2.75) is 31.7 Å². The number of nitrogens with one attached hydrogen (secondary N) is 1. The molecule has 0 aliphatic heterocycles. The van der Waals surface area contributed by atoms with E-state index in [1.807, 2.05) is 0 Å². The average Bonchev–Trinajstić information content (AvgIpc) is 2.94. The van der Waals surface area contributed by atoms with Crippen molar-refractivity contribution in [3.8, 4) is 6.07 Å². The smallest absolute Gasteiger partial charge is 0.307 e. The largest absolute Gasteiger partial charge is 0.481 e. The molecule has 0 aromatic carbocycles. The number of carbonyl (C=O) groups excluding carboxylic acids is 1. The minimum Gasteiger partial charge on any atom is -0.481 e. The molecule has 2 N–H and O–H groups in total. The van der Waals surface area contributed by atoms with Crippen LogP contribution < -0.4 is 5.32 Å². The van der Waals surface area contributed by atoms with Crippen LogP contribution in [-0.2, 0) is 9.59 Å². The molecule has 0 heterocycles. The number of carbonyl (C=O) groups is 2. The monoisotopic (exact) mass is 222 g/mol. The summed E-state index contributed by atoms with van der Waals surface area (Å²) in [5.41, 5.74) is 0. The second kappa shape index (κ2) is 4.12. The van der Waals surface area contributed by atoms with Crippen LogP contribution >= 0.6 is 0 Å². The van der Waals surface area contributed by atoms with Gasteiger partial charge < -0.3 is 10.4 Å². The third-order valence-corrected chi connectivity index (χ3v) is 3.45. The second-order valence-electron chi connectivity index (χ2n) is 4.57. The van der Waals surface area contributed by atoms with E-state index in [9.17, 15) is 9.59 Å². The van der Waals surface area contributed by atoms with Gasteiger partial charge in [0.2, 0.25) is 5.91 Å². The Hall–Kier alpha value is -1.57. The lowest BCUT2D eigenvalue weighted by atomic mass is 10.1. The summed E-state index contributed by atoms with van der Waals surface area (Å²) < 4.78 is 0. The van der Waals surface area contributed by atoms with E-state index in [1.54, 1.807) is 0 Å². The molecular formula is C11H14N2O3. The highest BCUT2D eigenvalue weighted by molar-refractivity contribution is 5.89. The number of carboxylic acid groups (broad SMARTS) is 1. The van der Waals surface area contributed by atoms with Crippen LogP contribution in [0.2, 0.25) is 0 Å². The minimum absolute atomic E-state index is 0.0763. The normalized spacial score (nSPS) is 36.4. The van der Waals surface area contributed by atoms with Gasteiger partial charge in [-0.2, -0.15) is 5.26 Å². The summed E-state index contributed by atoms with van der Waals surface area (Å²) in [6, 6.07) is 2.11. The molecule has 1 amide bonds. The molecule has 2 saturated carbocycles. The van der Waals surface area contributed by atoms with Crippen molar-refractivity contribution in [3.05, 3.63) is 0 Å². The van der Waals surface area contributed by atoms with E-state index in [-0.39, 0.29) is 23.8 Å².